The molecule has 0 spiro atoms. The first-order chi connectivity index (χ1) is 14.1. The van der Waals surface area contributed by atoms with Crippen molar-refractivity contribution < 1.29 is 22.7 Å². The Morgan fingerprint density at radius 2 is 1.97 bits per heavy atom. The van der Waals surface area contributed by atoms with Crippen LogP contribution in [-0.2, 0) is 17.5 Å². The van der Waals surface area contributed by atoms with E-state index in [1.54, 1.807) is 11.0 Å². The van der Waals surface area contributed by atoms with Gasteiger partial charge in [0, 0.05) is 6.54 Å². The van der Waals surface area contributed by atoms with Crippen molar-refractivity contribution in [3.63, 3.8) is 0 Å². The molecule has 158 valence electrons. The molecule has 2 unspecified atom stereocenters. The summed E-state index contributed by atoms with van der Waals surface area (Å²) in [5, 5.41) is 8.97. The Kier molecular flexibility index (Phi) is 6.06. The summed E-state index contributed by atoms with van der Waals surface area (Å²) in [6, 6.07) is 12.3. The van der Waals surface area contributed by atoms with Crippen LogP contribution in [0.5, 0.6) is 5.75 Å². The molecule has 0 N–H and O–H groups in total. The summed E-state index contributed by atoms with van der Waals surface area (Å²) in [5.41, 5.74) is 0.566. The number of alkyl halides is 3. The highest BCUT2D eigenvalue weighted by Crippen LogP contribution is 2.36. The first-order valence-corrected chi connectivity index (χ1v) is 9.78. The molecule has 1 aliphatic rings. The summed E-state index contributed by atoms with van der Waals surface area (Å²) in [6.45, 7) is 6.21. The predicted molar refractivity (Wildman–Crippen MR) is 105 cm³/mol. The number of carbonyl (C=O) groups is 1. The fourth-order valence-electron chi connectivity index (χ4n) is 3.75. The van der Waals surface area contributed by atoms with Crippen LogP contribution in [0.3, 0.4) is 0 Å². The van der Waals surface area contributed by atoms with Gasteiger partial charge in [-0.3, -0.25) is 4.79 Å². The number of hydrogen-bond acceptors (Lipinski definition) is 3. The lowest BCUT2D eigenvalue weighted by Gasteiger charge is -2.28. The molecule has 2 aromatic carbocycles. The van der Waals surface area contributed by atoms with Gasteiger partial charge in [0.05, 0.1) is 23.2 Å². The molecule has 30 heavy (non-hydrogen) atoms. The van der Waals surface area contributed by atoms with E-state index in [1.807, 2.05) is 45.0 Å². The zero-order valence-electron chi connectivity index (χ0n) is 17.0. The predicted octanol–water partition coefficient (Wildman–Crippen LogP) is 5.47. The molecular formula is C23H23F3N2O2. The van der Waals surface area contributed by atoms with Gasteiger partial charge < -0.3 is 9.64 Å². The number of hydrogen-bond donors (Lipinski definition) is 0. The van der Waals surface area contributed by atoms with Gasteiger partial charge in [-0.25, -0.2) is 0 Å². The monoisotopic (exact) mass is 416 g/mol. The van der Waals surface area contributed by atoms with Gasteiger partial charge in [-0.1, -0.05) is 38.1 Å². The van der Waals surface area contributed by atoms with Gasteiger partial charge in [0.25, 0.3) is 5.91 Å². The molecule has 1 heterocycles. The highest BCUT2D eigenvalue weighted by atomic mass is 19.4. The van der Waals surface area contributed by atoms with Crippen molar-refractivity contribution in [3.8, 4) is 11.8 Å². The van der Waals surface area contributed by atoms with Crippen molar-refractivity contribution in [2.24, 2.45) is 5.92 Å². The van der Waals surface area contributed by atoms with Crippen LogP contribution in [0.2, 0.25) is 0 Å². The maximum atomic E-state index is 13.3. The number of nitrogens with zero attached hydrogens (tertiary/aromatic N) is 2. The van der Waals surface area contributed by atoms with Gasteiger partial charge in [0.1, 0.15) is 5.75 Å². The summed E-state index contributed by atoms with van der Waals surface area (Å²) in [7, 11) is 0. The number of carbonyl (C=O) groups excluding carboxylic acids is 1. The molecule has 0 aromatic heterocycles. The molecule has 1 amide bonds. The number of fused-ring (bicyclic) bond motifs is 1. The highest BCUT2D eigenvalue weighted by Gasteiger charge is 2.37. The van der Waals surface area contributed by atoms with Crippen LogP contribution in [-0.4, -0.2) is 16.9 Å². The molecule has 0 radical (unpaired) electrons. The van der Waals surface area contributed by atoms with E-state index in [2.05, 4.69) is 0 Å². The zero-order chi connectivity index (χ0) is 22.1. The minimum atomic E-state index is -4.69. The molecule has 0 saturated heterocycles. The molecule has 1 aliphatic heterocycles. The average molecular weight is 416 g/mol. The van der Waals surface area contributed by atoms with E-state index in [-0.39, 0.29) is 23.6 Å². The fraction of sp³-hybridized carbons (Fsp3) is 0.391. The maximum Gasteiger partial charge on any atom is 0.417 e. The van der Waals surface area contributed by atoms with Crippen molar-refractivity contribution in [1.29, 1.82) is 5.26 Å². The van der Waals surface area contributed by atoms with Gasteiger partial charge >= 0.3 is 6.18 Å². The second-order valence-corrected chi connectivity index (χ2v) is 7.89. The topological polar surface area (TPSA) is 53.3 Å². The van der Waals surface area contributed by atoms with Crippen LogP contribution in [0.15, 0.2) is 42.5 Å². The minimum absolute atomic E-state index is 0.0790. The third-order valence-corrected chi connectivity index (χ3v) is 5.25. The van der Waals surface area contributed by atoms with Gasteiger partial charge in [-0.15, -0.1) is 0 Å². The van der Waals surface area contributed by atoms with Crippen molar-refractivity contribution >= 4 is 5.91 Å². The standard InChI is InChI=1S/C23H23F3N2O2/c1-14(2)10-21(22(29)28-13-17-6-4-5-7-19(17)15(28)3)30-18-9-8-16(12-27)20(11-18)23(24,25)26/h4-9,11,14-15,21H,10,13H2,1-3H3. The van der Waals surface area contributed by atoms with E-state index in [9.17, 15) is 18.0 Å². The molecule has 2 aromatic rings. The molecule has 0 saturated carbocycles. The minimum Gasteiger partial charge on any atom is -0.481 e. The summed E-state index contributed by atoms with van der Waals surface area (Å²) in [4.78, 5) is 15.0. The van der Waals surface area contributed by atoms with Crippen LogP contribution in [0.1, 0.15) is 55.5 Å². The number of amides is 1. The quantitative estimate of drug-likeness (QED) is 0.649. The number of rotatable bonds is 5. The van der Waals surface area contributed by atoms with E-state index in [1.165, 1.54) is 6.07 Å². The highest BCUT2D eigenvalue weighted by molar-refractivity contribution is 5.82. The van der Waals surface area contributed by atoms with E-state index in [4.69, 9.17) is 10.00 Å². The normalized spacial score (nSPS) is 16.9. The van der Waals surface area contributed by atoms with E-state index in [0.717, 1.165) is 23.3 Å². The maximum absolute atomic E-state index is 13.3. The van der Waals surface area contributed by atoms with E-state index >= 15 is 0 Å². The van der Waals surface area contributed by atoms with E-state index < -0.39 is 23.4 Å². The van der Waals surface area contributed by atoms with Gasteiger partial charge in [-0.05, 0) is 48.6 Å². The molecular weight excluding hydrogens is 393 g/mol. The molecule has 7 heteroatoms. The molecule has 0 fully saturated rings. The third-order valence-electron chi connectivity index (χ3n) is 5.25. The van der Waals surface area contributed by atoms with Crippen LogP contribution in [0, 0.1) is 17.2 Å². The molecule has 4 nitrogen and oxygen atoms in total. The fourth-order valence-corrected chi connectivity index (χ4v) is 3.75. The number of ether oxygens (including phenoxy) is 1. The second-order valence-electron chi connectivity index (χ2n) is 7.89. The van der Waals surface area contributed by atoms with Crippen LogP contribution >= 0.6 is 0 Å². The third kappa shape index (κ3) is 4.43. The van der Waals surface area contributed by atoms with Crippen molar-refractivity contribution in [2.45, 2.75) is 52.1 Å². The van der Waals surface area contributed by atoms with Crippen LogP contribution < -0.4 is 4.74 Å². The summed E-state index contributed by atoms with van der Waals surface area (Å²) < 4.78 is 45.6. The second kappa shape index (κ2) is 8.39. The molecule has 0 bridgehead atoms. The first kappa shape index (κ1) is 21.7. The van der Waals surface area contributed by atoms with Crippen molar-refractivity contribution in [3.05, 3.63) is 64.7 Å². The zero-order valence-corrected chi connectivity index (χ0v) is 17.0. The molecule has 3 rings (SSSR count). The molecule has 2 atom stereocenters. The Balaban J connectivity index is 1.87. The van der Waals surface area contributed by atoms with Crippen molar-refractivity contribution in [1.82, 2.24) is 4.90 Å². The lowest BCUT2D eigenvalue weighted by atomic mass is 10.0. The van der Waals surface area contributed by atoms with Crippen molar-refractivity contribution in [2.75, 3.05) is 0 Å². The van der Waals surface area contributed by atoms with Gasteiger partial charge in [0.15, 0.2) is 6.10 Å². The number of halogens is 3. The van der Waals surface area contributed by atoms with E-state index in [0.29, 0.717) is 13.0 Å². The Hall–Kier alpha value is -3.01. The summed E-state index contributed by atoms with van der Waals surface area (Å²) >= 11 is 0. The van der Waals surface area contributed by atoms with Crippen LogP contribution in [0.25, 0.3) is 0 Å². The smallest absolute Gasteiger partial charge is 0.417 e. The number of nitriles is 1. The lowest BCUT2D eigenvalue weighted by molar-refractivity contribution is -0.141. The Morgan fingerprint density at radius 3 is 2.57 bits per heavy atom. The Labute approximate surface area is 173 Å². The number of benzene rings is 2. The summed E-state index contributed by atoms with van der Waals surface area (Å²) in [6.07, 6.45) is -5.25. The molecule has 0 aliphatic carbocycles. The first-order valence-electron chi connectivity index (χ1n) is 9.78. The lowest BCUT2D eigenvalue weighted by Crippen LogP contribution is -2.41. The Morgan fingerprint density at radius 1 is 1.27 bits per heavy atom. The summed E-state index contributed by atoms with van der Waals surface area (Å²) in [5.74, 6) is -0.241. The van der Waals surface area contributed by atoms with Gasteiger partial charge in [0.2, 0.25) is 0 Å². The SMILES string of the molecule is CC(C)CC(Oc1ccc(C#N)c(C(F)(F)F)c1)C(=O)N1Cc2ccccc2C1C. The Bertz CT molecular complexity index is 979. The van der Waals surface area contributed by atoms with Crippen LogP contribution in [0.4, 0.5) is 13.2 Å². The average Bonchev–Trinajstić information content (AvgIpc) is 3.03. The largest absolute Gasteiger partial charge is 0.481 e. The van der Waals surface area contributed by atoms with Gasteiger partial charge in [-0.2, -0.15) is 18.4 Å².